The van der Waals surface area contributed by atoms with Crippen LogP contribution >= 0.6 is 0 Å². The first-order valence-corrected chi connectivity index (χ1v) is 5.81. The minimum atomic E-state index is -0.546. The molecule has 17 heavy (non-hydrogen) atoms. The molecule has 4 N–H and O–H groups in total. The van der Waals surface area contributed by atoms with Gasteiger partial charge in [0.15, 0.2) is 0 Å². The van der Waals surface area contributed by atoms with Crippen LogP contribution in [0.3, 0.4) is 0 Å². The Morgan fingerprint density at radius 2 is 2.12 bits per heavy atom. The Bertz CT molecular complexity index is 296. The van der Waals surface area contributed by atoms with Gasteiger partial charge in [0.1, 0.15) is 5.84 Å². The minimum absolute atomic E-state index is 0.0202. The number of amidine groups is 1. The van der Waals surface area contributed by atoms with E-state index in [1.54, 1.807) is 0 Å². The predicted molar refractivity (Wildman–Crippen MR) is 63.7 cm³/mol. The average Bonchev–Trinajstić information content (AvgIpc) is 2.36. The quantitative estimate of drug-likeness (QED) is 0.286. The van der Waals surface area contributed by atoms with Crippen LogP contribution in [-0.2, 0) is 9.53 Å². The van der Waals surface area contributed by atoms with Gasteiger partial charge in [-0.05, 0) is 12.8 Å². The summed E-state index contributed by atoms with van der Waals surface area (Å²) in [4.78, 5) is 11.8. The number of carbonyl (C=O) groups is 1. The predicted octanol–water partition coefficient (Wildman–Crippen LogP) is 0.302. The summed E-state index contributed by atoms with van der Waals surface area (Å²) in [6.07, 6.45) is 1.52. The normalized spacial score (nSPS) is 19.1. The zero-order valence-electron chi connectivity index (χ0n) is 10.4. The van der Waals surface area contributed by atoms with Crippen molar-refractivity contribution in [3.63, 3.8) is 0 Å². The molecule has 0 aromatic heterocycles. The summed E-state index contributed by atoms with van der Waals surface area (Å²) in [5.41, 5.74) is 5.00. The van der Waals surface area contributed by atoms with Gasteiger partial charge in [-0.3, -0.25) is 4.79 Å². The second kappa shape index (κ2) is 5.86. The van der Waals surface area contributed by atoms with E-state index in [4.69, 9.17) is 15.7 Å². The van der Waals surface area contributed by atoms with Crippen molar-refractivity contribution in [2.45, 2.75) is 26.7 Å². The van der Waals surface area contributed by atoms with Gasteiger partial charge in [0, 0.05) is 31.1 Å². The lowest BCUT2D eigenvalue weighted by Gasteiger charge is -2.26. The number of nitrogens with two attached hydrogens (primary N) is 1. The highest BCUT2D eigenvalue weighted by molar-refractivity contribution is 5.86. The lowest BCUT2D eigenvalue weighted by atomic mass is 9.91. The van der Waals surface area contributed by atoms with Crippen LogP contribution < -0.4 is 11.1 Å². The number of oxime groups is 1. The molecule has 1 rings (SSSR count). The van der Waals surface area contributed by atoms with E-state index >= 15 is 0 Å². The summed E-state index contributed by atoms with van der Waals surface area (Å²) in [7, 11) is 0. The maximum Gasteiger partial charge on any atom is 0.223 e. The highest BCUT2D eigenvalue weighted by Gasteiger charge is 2.27. The molecule has 1 aliphatic heterocycles. The lowest BCUT2D eigenvalue weighted by molar-refractivity contribution is -0.128. The van der Waals surface area contributed by atoms with Crippen molar-refractivity contribution in [2.75, 3.05) is 19.8 Å². The van der Waals surface area contributed by atoms with Crippen LogP contribution in [0.2, 0.25) is 0 Å². The highest BCUT2D eigenvalue weighted by Crippen LogP contribution is 2.17. The fraction of sp³-hybridized carbons (Fsp3) is 0.818. The molecule has 0 spiro atoms. The van der Waals surface area contributed by atoms with E-state index in [2.05, 4.69) is 10.5 Å². The summed E-state index contributed by atoms with van der Waals surface area (Å²) in [5.74, 6) is 0.156. The van der Waals surface area contributed by atoms with E-state index in [1.165, 1.54) is 0 Å². The monoisotopic (exact) mass is 243 g/mol. The number of nitrogens with zero attached hydrogens (tertiary/aromatic N) is 1. The van der Waals surface area contributed by atoms with Crippen LogP contribution in [0.4, 0.5) is 0 Å². The third kappa shape index (κ3) is 3.89. The van der Waals surface area contributed by atoms with Crippen molar-refractivity contribution in [3.05, 3.63) is 0 Å². The van der Waals surface area contributed by atoms with Crippen molar-refractivity contribution in [1.82, 2.24) is 5.32 Å². The van der Waals surface area contributed by atoms with Gasteiger partial charge < -0.3 is 21.0 Å². The topological polar surface area (TPSA) is 96.9 Å². The molecule has 1 amide bonds. The van der Waals surface area contributed by atoms with Crippen molar-refractivity contribution in [3.8, 4) is 0 Å². The zero-order valence-corrected chi connectivity index (χ0v) is 10.4. The standard InChI is InChI=1S/C11H21N3O3/c1-11(2,10(12)14-16)7-13-9(15)8-3-5-17-6-4-8/h8,16H,3-7H2,1-2H3,(H2,12,14)(H,13,15). The van der Waals surface area contributed by atoms with Gasteiger partial charge in [0.05, 0.1) is 0 Å². The summed E-state index contributed by atoms with van der Waals surface area (Å²) < 4.78 is 5.20. The van der Waals surface area contributed by atoms with E-state index in [9.17, 15) is 4.79 Å². The average molecular weight is 243 g/mol. The van der Waals surface area contributed by atoms with Gasteiger partial charge in [-0.1, -0.05) is 19.0 Å². The van der Waals surface area contributed by atoms with E-state index in [-0.39, 0.29) is 17.7 Å². The van der Waals surface area contributed by atoms with Gasteiger partial charge in [0.25, 0.3) is 0 Å². The lowest BCUT2D eigenvalue weighted by Crippen LogP contribution is -2.44. The third-order valence-corrected chi connectivity index (χ3v) is 3.10. The Morgan fingerprint density at radius 1 is 1.53 bits per heavy atom. The molecule has 0 bridgehead atoms. The number of rotatable bonds is 4. The third-order valence-electron chi connectivity index (χ3n) is 3.10. The molecule has 0 saturated carbocycles. The molecule has 0 unspecified atom stereocenters. The summed E-state index contributed by atoms with van der Waals surface area (Å²) in [6.45, 7) is 5.27. The fourth-order valence-electron chi connectivity index (χ4n) is 1.64. The number of ether oxygens (including phenoxy) is 1. The number of carbonyl (C=O) groups excluding carboxylic acids is 1. The van der Waals surface area contributed by atoms with E-state index in [1.807, 2.05) is 13.8 Å². The van der Waals surface area contributed by atoms with Gasteiger partial charge in [-0.25, -0.2) is 0 Å². The van der Waals surface area contributed by atoms with Crippen LogP contribution in [0.25, 0.3) is 0 Å². The Morgan fingerprint density at radius 3 is 2.65 bits per heavy atom. The Kier molecular flexibility index (Phi) is 4.74. The van der Waals surface area contributed by atoms with E-state index < -0.39 is 5.41 Å². The number of amides is 1. The SMILES string of the molecule is CC(C)(CNC(=O)C1CCOCC1)C(N)=NO. The van der Waals surface area contributed by atoms with Crippen LogP contribution in [0.1, 0.15) is 26.7 Å². The summed E-state index contributed by atoms with van der Waals surface area (Å²) in [5, 5.41) is 14.4. The molecule has 6 nitrogen and oxygen atoms in total. The Hall–Kier alpha value is -1.30. The van der Waals surface area contributed by atoms with Gasteiger partial charge in [0.2, 0.25) is 5.91 Å². The molecule has 1 aliphatic rings. The molecule has 1 heterocycles. The molecular weight excluding hydrogens is 222 g/mol. The number of hydrogen-bond acceptors (Lipinski definition) is 4. The van der Waals surface area contributed by atoms with Crippen molar-refractivity contribution in [1.29, 1.82) is 0 Å². The Balaban J connectivity index is 2.41. The summed E-state index contributed by atoms with van der Waals surface area (Å²) in [6, 6.07) is 0. The molecule has 0 aliphatic carbocycles. The molecule has 1 saturated heterocycles. The highest BCUT2D eigenvalue weighted by atomic mass is 16.5. The number of hydrogen-bond donors (Lipinski definition) is 3. The van der Waals surface area contributed by atoms with Crippen LogP contribution in [-0.4, -0.2) is 36.7 Å². The molecule has 6 heteroatoms. The molecule has 0 aromatic carbocycles. The van der Waals surface area contributed by atoms with Crippen molar-refractivity contribution < 1.29 is 14.7 Å². The van der Waals surface area contributed by atoms with Crippen LogP contribution in [0, 0.1) is 11.3 Å². The Labute approximate surface area is 101 Å². The van der Waals surface area contributed by atoms with Crippen molar-refractivity contribution in [2.24, 2.45) is 22.2 Å². The fourth-order valence-corrected chi connectivity index (χ4v) is 1.64. The maximum absolute atomic E-state index is 11.8. The van der Waals surface area contributed by atoms with E-state index in [0.29, 0.717) is 19.8 Å². The molecular formula is C11H21N3O3. The molecule has 98 valence electrons. The number of nitrogens with one attached hydrogen (secondary N) is 1. The van der Waals surface area contributed by atoms with E-state index in [0.717, 1.165) is 12.8 Å². The molecule has 0 radical (unpaired) electrons. The second-order valence-corrected chi connectivity index (χ2v) is 4.97. The minimum Gasteiger partial charge on any atom is -0.409 e. The van der Waals surface area contributed by atoms with Gasteiger partial charge in [-0.15, -0.1) is 0 Å². The second-order valence-electron chi connectivity index (χ2n) is 4.97. The maximum atomic E-state index is 11.8. The first-order valence-electron chi connectivity index (χ1n) is 5.81. The van der Waals surface area contributed by atoms with Gasteiger partial charge in [-0.2, -0.15) is 0 Å². The smallest absolute Gasteiger partial charge is 0.223 e. The molecule has 0 atom stereocenters. The molecule has 1 fully saturated rings. The first kappa shape index (κ1) is 13.8. The zero-order chi connectivity index (χ0) is 12.9. The van der Waals surface area contributed by atoms with Gasteiger partial charge >= 0.3 is 0 Å². The first-order chi connectivity index (χ1) is 7.97. The van der Waals surface area contributed by atoms with Crippen LogP contribution in [0.15, 0.2) is 5.16 Å². The largest absolute Gasteiger partial charge is 0.409 e. The summed E-state index contributed by atoms with van der Waals surface area (Å²) >= 11 is 0. The molecule has 0 aromatic rings. The van der Waals surface area contributed by atoms with Crippen LogP contribution in [0.5, 0.6) is 0 Å². The van der Waals surface area contributed by atoms with Crippen molar-refractivity contribution >= 4 is 11.7 Å².